The van der Waals surface area contributed by atoms with Crippen molar-refractivity contribution in [2.75, 3.05) is 11.1 Å². The molecule has 4 heteroatoms. The first-order valence-electron chi connectivity index (χ1n) is 6.07. The number of anilines is 2. The predicted molar refractivity (Wildman–Crippen MR) is 68.5 cm³/mol. The van der Waals surface area contributed by atoms with Crippen LogP contribution in [0.25, 0.3) is 0 Å². The fraction of sp³-hybridized carbons (Fsp3) is 0.538. The van der Waals surface area contributed by atoms with Crippen molar-refractivity contribution in [2.24, 2.45) is 0 Å². The van der Waals surface area contributed by atoms with E-state index in [0.29, 0.717) is 17.1 Å². The van der Waals surface area contributed by atoms with Crippen LogP contribution in [0.1, 0.15) is 44.6 Å². The maximum atomic E-state index is 9.07. The van der Waals surface area contributed by atoms with Gasteiger partial charge in [-0.1, -0.05) is 19.3 Å². The molecule has 3 N–H and O–H groups in total. The Morgan fingerprint density at radius 1 is 1.41 bits per heavy atom. The number of nitrogen functional groups attached to an aromatic ring is 1. The SMILES string of the molecule is CC1(Nc2ncc(N)cc2C#N)CCCCC1. The van der Waals surface area contributed by atoms with Gasteiger partial charge in [0.05, 0.1) is 17.4 Å². The van der Waals surface area contributed by atoms with Gasteiger partial charge in [-0.15, -0.1) is 0 Å². The molecule has 0 saturated heterocycles. The Kier molecular flexibility index (Phi) is 3.19. The monoisotopic (exact) mass is 230 g/mol. The summed E-state index contributed by atoms with van der Waals surface area (Å²) >= 11 is 0. The molecule has 1 aliphatic carbocycles. The van der Waals surface area contributed by atoms with Gasteiger partial charge < -0.3 is 11.1 Å². The molecule has 17 heavy (non-hydrogen) atoms. The summed E-state index contributed by atoms with van der Waals surface area (Å²) in [5.41, 5.74) is 6.74. The summed E-state index contributed by atoms with van der Waals surface area (Å²) in [7, 11) is 0. The first kappa shape index (κ1) is 11.7. The van der Waals surface area contributed by atoms with Gasteiger partial charge >= 0.3 is 0 Å². The van der Waals surface area contributed by atoms with E-state index in [2.05, 4.69) is 23.3 Å². The molecular formula is C13H18N4. The Bertz CT molecular complexity index is 441. The fourth-order valence-corrected chi connectivity index (χ4v) is 2.41. The molecule has 0 amide bonds. The molecule has 0 aliphatic heterocycles. The van der Waals surface area contributed by atoms with Gasteiger partial charge in [0.2, 0.25) is 0 Å². The summed E-state index contributed by atoms with van der Waals surface area (Å²) in [6, 6.07) is 3.81. The average Bonchev–Trinajstić information content (AvgIpc) is 2.32. The van der Waals surface area contributed by atoms with Crippen LogP contribution in [0, 0.1) is 11.3 Å². The van der Waals surface area contributed by atoms with E-state index in [1.807, 2.05) is 0 Å². The predicted octanol–water partition coefficient (Wildman–Crippen LogP) is 2.67. The number of nitrogens with zero attached hydrogens (tertiary/aromatic N) is 2. The van der Waals surface area contributed by atoms with Crippen LogP contribution in [0.15, 0.2) is 12.3 Å². The summed E-state index contributed by atoms with van der Waals surface area (Å²) in [4.78, 5) is 4.23. The minimum Gasteiger partial charge on any atom is -0.397 e. The van der Waals surface area contributed by atoms with E-state index in [-0.39, 0.29) is 5.54 Å². The Labute approximate surface area is 102 Å². The molecule has 1 saturated carbocycles. The van der Waals surface area contributed by atoms with Gasteiger partial charge in [0.1, 0.15) is 11.9 Å². The van der Waals surface area contributed by atoms with Gasteiger partial charge in [-0.05, 0) is 25.8 Å². The van der Waals surface area contributed by atoms with Gasteiger partial charge in [-0.25, -0.2) is 4.98 Å². The van der Waals surface area contributed by atoms with Crippen LogP contribution in [0.3, 0.4) is 0 Å². The van der Waals surface area contributed by atoms with Crippen LogP contribution < -0.4 is 11.1 Å². The molecule has 0 aromatic carbocycles. The standard InChI is InChI=1S/C13H18N4/c1-13(5-3-2-4-6-13)17-12-10(8-14)7-11(15)9-16-12/h7,9H,2-6,15H2,1H3,(H,16,17). The maximum absolute atomic E-state index is 9.07. The van der Waals surface area contributed by atoms with Crippen molar-refractivity contribution in [1.82, 2.24) is 4.98 Å². The zero-order chi connectivity index (χ0) is 12.3. The van der Waals surface area contributed by atoms with E-state index in [0.717, 1.165) is 12.8 Å². The third-order valence-electron chi connectivity index (χ3n) is 3.41. The Morgan fingerprint density at radius 2 is 2.12 bits per heavy atom. The molecule has 0 radical (unpaired) electrons. The summed E-state index contributed by atoms with van der Waals surface area (Å²) in [6.45, 7) is 2.20. The number of nitrogens with one attached hydrogen (secondary N) is 1. The van der Waals surface area contributed by atoms with Crippen molar-refractivity contribution in [3.05, 3.63) is 17.8 Å². The lowest BCUT2D eigenvalue weighted by Gasteiger charge is -2.35. The van der Waals surface area contributed by atoms with Crippen molar-refractivity contribution in [2.45, 2.75) is 44.6 Å². The molecule has 0 atom stereocenters. The second-order valence-electron chi connectivity index (χ2n) is 5.02. The van der Waals surface area contributed by atoms with Crippen molar-refractivity contribution in [3.8, 4) is 6.07 Å². The highest BCUT2D eigenvalue weighted by Gasteiger charge is 2.27. The molecule has 90 valence electrons. The Balaban J connectivity index is 2.20. The van der Waals surface area contributed by atoms with Crippen molar-refractivity contribution in [1.29, 1.82) is 5.26 Å². The van der Waals surface area contributed by atoms with Crippen LogP contribution in [-0.2, 0) is 0 Å². The molecule has 1 aromatic rings. The summed E-state index contributed by atoms with van der Waals surface area (Å²) in [5.74, 6) is 0.658. The topological polar surface area (TPSA) is 74.7 Å². The highest BCUT2D eigenvalue weighted by atomic mass is 15.1. The zero-order valence-electron chi connectivity index (χ0n) is 10.2. The maximum Gasteiger partial charge on any atom is 0.144 e. The normalized spacial score (nSPS) is 18.4. The molecular weight excluding hydrogens is 212 g/mol. The molecule has 0 unspecified atom stereocenters. The van der Waals surface area contributed by atoms with Gasteiger partial charge in [-0.2, -0.15) is 5.26 Å². The zero-order valence-corrected chi connectivity index (χ0v) is 10.2. The first-order chi connectivity index (χ1) is 8.13. The van der Waals surface area contributed by atoms with Crippen LogP contribution in [0.4, 0.5) is 11.5 Å². The molecule has 1 aromatic heterocycles. The van der Waals surface area contributed by atoms with Crippen LogP contribution >= 0.6 is 0 Å². The molecule has 1 heterocycles. The lowest BCUT2D eigenvalue weighted by molar-refractivity contribution is 0.348. The minimum absolute atomic E-state index is 0.0625. The van der Waals surface area contributed by atoms with E-state index in [9.17, 15) is 0 Å². The largest absolute Gasteiger partial charge is 0.397 e. The van der Waals surface area contributed by atoms with E-state index >= 15 is 0 Å². The number of aromatic nitrogens is 1. The van der Waals surface area contributed by atoms with Crippen molar-refractivity contribution < 1.29 is 0 Å². The van der Waals surface area contributed by atoms with Crippen LogP contribution in [-0.4, -0.2) is 10.5 Å². The van der Waals surface area contributed by atoms with Gasteiger partial charge in [-0.3, -0.25) is 0 Å². The first-order valence-corrected chi connectivity index (χ1v) is 6.07. The van der Waals surface area contributed by atoms with Crippen molar-refractivity contribution in [3.63, 3.8) is 0 Å². The number of hydrogen-bond acceptors (Lipinski definition) is 4. The van der Waals surface area contributed by atoms with Gasteiger partial charge in [0, 0.05) is 5.54 Å². The third kappa shape index (κ3) is 2.68. The number of hydrogen-bond donors (Lipinski definition) is 2. The quantitative estimate of drug-likeness (QED) is 0.819. The van der Waals surface area contributed by atoms with E-state index < -0.39 is 0 Å². The smallest absolute Gasteiger partial charge is 0.144 e. The van der Waals surface area contributed by atoms with Crippen LogP contribution in [0.2, 0.25) is 0 Å². The van der Waals surface area contributed by atoms with E-state index in [1.54, 1.807) is 12.3 Å². The second kappa shape index (κ2) is 4.62. The van der Waals surface area contributed by atoms with Gasteiger partial charge in [0.15, 0.2) is 0 Å². The number of rotatable bonds is 2. The molecule has 4 nitrogen and oxygen atoms in total. The second-order valence-corrected chi connectivity index (χ2v) is 5.02. The minimum atomic E-state index is 0.0625. The van der Waals surface area contributed by atoms with E-state index in [1.165, 1.54) is 19.3 Å². The number of nitriles is 1. The summed E-state index contributed by atoms with van der Waals surface area (Å²) in [5, 5.41) is 12.5. The number of nitrogens with two attached hydrogens (primary N) is 1. The summed E-state index contributed by atoms with van der Waals surface area (Å²) in [6.07, 6.45) is 7.63. The molecule has 1 aliphatic rings. The highest BCUT2D eigenvalue weighted by Crippen LogP contribution is 2.31. The average molecular weight is 230 g/mol. The fourth-order valence-electron chi connectivity index (χ4n) is 2.41. The lowest BCUT2D eigenvalue weighted by atomic mass is 9.83. The van der Waals surface area contributed by atoms with Crippen LogP contribution in [0.5, 0.6) is 0 Å². The Morgan fingerprint density at radius 3 is 2.76 bits per heavy atom. The number of pyridine rings is 1. The van der Waals surface area contributed by atoms with E-state index in [4.69, 9.17) is 11.0 Å². The Hall–Kier alpha value is -1.76. The molecule has 2 rings (SSSR count). The summed E-state index contributed by atoms with van der Waals surface area (Å²) < 4.78 is 0. The molecule has 1 fully saturated rings. The lowest BCUT2D eigenvalue weighted by Crippen LogP contribution is -2.37. The van der Waals surface area contributed by atoms with Gasteiger partial charge in [0.25, 0.3) is 0 Å². The van der Waals surface area contributed by atoms with Crippen molar-refractivity contribution >= 4 is 11.5 Å². The molecule has 0 spiro atoms. The third-order valence-corrected chi connectivity index (χ3v) is 3.41. The molecule has 0 bridgehead atoms. The highest BCUT2D eigenvalue weighted by molar-refractivity contribution is 5.58.